The van der Waals surface area contributed by atoms with E-state index in [2.05, 4.69) is 10.4 Å². The number of benzene rings is 2. The standard InChI is InChI=1S/C22H23N3O4/c1-15(2)13-25-21(27)18-11-7-6-10-17(18)20(24-25)22(28)29-14-19(26)23-12-16-8-4-3-5-9-16/h3-11,15H,12-14H2,1-2H3,(H,23,26). The van der Waals surface area contributed by atoms with Crippen LogP contribution in [-0.2, 0) is 22.6 Å². The Balaban J connectivity index is 1.73. The molecular weight excluding hydrogens is 370 g/mol. The molecule has 0 bridgehead atoms. The van der Waals surface area contributed by atoms with Crippen LogP contribution in [0.25, 0.3) is 10.8 Å². The molecule has 0 spiro atoms. The van der Waals surface area contributed by atoms with Gasteiger partial charge in [0, 0.05) is 18.5 Å². The molecule has 1 aromatic heterocycles. The summed E-state index contributed by atoms with van der Waals surface area (Å²) >= 11 is 0. The molecule has 0 aliphatic carbocycles. The number of rotatable bonds is 7. The highest BCUT2D eigenvalue weighted by Gasteiger charge is 2.19. The molecule has 2 aromatic carbocycles. The second-order valence-electron chi connectivity index (χ2n) is 7.11. The highest BCUT2D eigenvalue weighted by Crippen LogP contribution is 2.14. The summed E-state index contributed by atoms with van der Waals surface area (Å²) in [6, 6.07) is 16.2. The molecule has 1 N–H and O–H groups in total. The van der Waals surface area contributed by atoms with E-state index in [1.165, 1.54) is 4.68 Å². The Hall–Kier alpha value is -3.48. The van der Waals surface area contributed by atoms with Crippen molar-refractivity contribution in [3.63, 3.8) is 0 Å². The third-order valence-corrected chi connectivity index (χ3v) is 4.27. The number of esters is 1. The molecule has 150 valence electrons. The van der Waals surface area contributed by atoms with E-state index in [1.54, 1.807) is 24.3 Å². The summed E-state index contributed by atoms with van der Waals surface area (Å²) in [6.45, 7) is 4.21. The van der Waals surface area contributed by atoms with Crippen LogP contribution in [-0.4, -0.2) is 28.3 Å². The van der Waals surface area contributed by atoms with Gasteiger partial charge < -0.3 is 10.1 Å². The van der Waals surface area contributed by atoms with Crippen molar-refractivity contribution < 1.29 is 14.3 Å². The van der Waals surface area contributed by atoms with Crippen molar-refractivity contribution in [2.45, 2.75) is 26.9 Å². The first-order valence-electron chi connectivity index (χ1n) is 9.43. The van der Waals surface area contributed by atoms with E-state index >= 15 is 0 Å². The zero-order chi connectivity index (χ0) is 20.8. The smallest absolute Gasteiger partial charge is 0.359 e. The van der Waals surface area contributed by atoms with Crippen LogP contribution in [0, 0.1) is 5.92 Å². The third kappa shape index (κ3) is 5.07. The van der Waals surface area contributed by atoms with Gasteiger partial charge in [-0.3, -0.25) is 9.59 Å². The van der Waals surface area contributed by atoms with Gasteiger partial charge in [0.25, 0.3) is 11.5 Å². The lowest BCUT2D eigenvalue weighted by Crippen LogP contribution is -2.30. The fourth-order valence-electron chi connectivity index (χ4n) is 2.90. The van der Waals surface area contributed by atoms with E-state index in [0.29, 0.717) is 23.9 Å². The van der Waals surface area contributed by atoms with Crippen LogP contribution in [0.3, 0.4) is 0 Å². The summed E-state index contributed by atoms with van der Waals surface area (Å²) in [5.74, 6) is -0.982. The maximum absolute atomic E-state index is 12.6. The molecule has 7 heteroatoms. The first-order chi connectivity index (χ1) is 14.0. The molecule has 3 rings (SSSR count). The van der Waals surface area contributed by atoms with E-state index < -0.39 is 18.5 Å². The van der Waals surface area contributed by atoms with Crippen molar-refractivity contribution in [1.82, 2.24) is 15.1 Å². The van der Waals surface area contributed by atoms with Gasteiger partial charge in [0.15, 0.2) is 12.3 Å². The molecule has 0 saturated heterocycles. The van der Waals surface area contributed by atoms with E-state index in [0.717, 1.165) is 5.56 Å². The second kappa shape index (κ2) is 9.14. The molecule has 0 unspecified atom stereocenters. The fourth-order valence-corrected chi connectivity index (χ4v) is 2.90. The minimum atomic E-state index is -0.742. The van der Waals surface area contributed by atoms with E-state index in [9.17, 15) is 14.4 Å². The molecule has 0 aliphatic rings. The Bertz CT molecular complexity index is 1070. The summed E-state index contributed by atoms with van der Waals surface area (Å²) in [6.07, 6.45) is 0. The molecule has 0 aliphatic heterocycles. The van der Waals surface area contributed by atoms with E-state index in [4.69, 9.17) is 4.74 Å². The molecule has 0 atom stereocenters. The van der Waals surface area contributed by atoms with Gasteiger partial charge in [-0.2, -0.15) is 5.10 Å². The van der Waals surface area contributed by atoms with Crippen molar-refractivity contribution >= 4 is 22.6 Å². The Morgan fingerprint density at radius 1 is 1.03 bits per heavy atom. The number of fused-ring (bicyclic) bond motifs is 1. The molecule has 1 heterocycles. The van der Waals surface area contributed by atoms with Crippen LogP contribution < -0.4 is 10.9 Å². The minimum absolute atomic E-state index is 0.0247. The summed E-state index contributed by atoms with van der Waals surface area (Å²) in [5.41, 5.74) is 0.712. The van der Waals surface area contributed by atoms with Gasteiger partial charge >= 0.3 is 5.97 Å². The molecule has 0 radical (unpaired) electrons. The quantitative estimate of drug-likeness (QED) is 0.623. The highest BCUT2D eigenvalue weighted by atomic mass is 16.5. The first kappa shape index (κ1) is 20.3. The monoisotopic (exact) mass is 393 g/mol. The second-order valence-corrected chi connectivity index (χ2v) is 7.11. The van der Waals surface area contributed by atoms with Gasteiger partial charge in [-0.25, -0.2) is 9.48 Å². The molecule has 29 heavy (non-hydrogen) atoms. The Morgan fingerprint density at radius 3 is 2.38 bits per heavy atom. The minimum Gasteiger partial charge on any atom is -0.451 e. The molecule has 3 aromatic rings. The number of nitrogens with one attached hydrogen (secondary N) is 1. The lowest BCUT2D eigenvalue weighted by molar-refractivity contribution is -0.124. The first-order valence-corrected chi connectivity index (χ1v) is 9.43. The zero-order valence-corrected chi connectivity index (χ0v) is 16.4. The summed E-state index contributed by atoms with van der Waals surface area (Å²) in [4.78, 5) is 37.2. The maximum atomic E-state index is 12.6. The van der Waals surface area contributed by atoms with E-state index in [1.807, 2.05) is 44.2 Å². The zero-order valence-electron chi connectivity index (χ0n) is 16.4. The summed E-state index contributed by atoms with van der Waals surface area (Å²) in [7, 11) is 0. The van der Waals surface area contributed by atoms with Gasteiger partial charge in [0.1, 0.15) is 0 Å². The fraction of sp³-hybridized carbons (Fsp3) is 0.273. The topological polar surface area (TPSA) is 90.3 Å². The number of aromatic nitrogens is 2. The van der Waals surface area contributed by atoms with Gasteiger partial charge in [-0.1, -0.05) is 62.4 Å². The van der Waals surface area contributed by atoms with Crippen LogP contribution >= 0.6 is 0 Å². The van der Waals surface area contributed by atoms with Crippen LogP contribution in [0.4, 0.5) is 0 Å². The molecule has 0 fully saturated rings. The van der Waals surface area contributed by atoms with Gasteiger partial charge in [0.05, 0.1) is 5.39 Å². The van der Waals surface area contributed by atoms with Crippen molar-refractivity contribution in [1.29, 1.82) is 0 Å². The van der Waals surface area contributed by atoms with Crippen LogP contribution in [0.2, 0.25) is 0 Å². The SMILES string of the molecule is CC(C)Cn1nc(C(=O)OCC(=O)NCc2ccccc2)c2ccccc2c1=O. The molecular formula is C22H23N3O4. The van der Waals surface area contributed by atoms with Crippen LogP contribution in [0.1, 0.15) is 29.9 Å². The number of carbonyl (C=O) groups excluding carboxylic acids is 2. The van der Waals surface area contributed by atoms with E-state index in [-0.39, 0.29) is 17.2 Å². The summed E-state index contributed by atoms with van der Waals surface area (Å²) in [5, 5.41) is 7.71. The Labute approximate surface area is 168 Å². The number of ether oxygens (including phenoxy) is 1. The highest BCUT2D eigenvalue weighted by molar-refractivity contribution is 6.02. The van der Waals surface area contributed by atoms with Gasteiger partial charge in [-0.05, 0) is 17.5 Å². The lowest BCUT2D eigenvalue weighted by atomic mass is 10.1. The van der Waals surface area contributed by atoms with Crippen molar-refractivity contribution in [3.8, 4) is 0 Å². The van der Waals surface area contributed by atoms with Crippen LogP contribution in [0.5, 0.6) is 0 Å². The number of amides is 1. The Kier molecular flexibility index (Phi) is 6.39. The Morgan fingerprint density at radius 2 is 1.69 bits per heavy atom. The average Bonchev–Trinajstić information content (AvgIpc) is 2.73. The third-order valence-electron chi connectivity index (χ3n) is 4.27. The molecule has 1 amide bonds. The number of nitrogens with zero attached hydrogens (tertiary/aromatic N) is 2. The molecule has 0 saturated carbocycles. The van der Waals surface area contributed by atoms with Gasteiger partial charge in [-0.15, -0.1) is 0 Å². The predicted molar refractivity (Wildman–Crippen MR) is 109 cm³/mol. The average molecular weight is 393 g/mol. The summed E-state index contributed by atoms with van der Waals surface area (Å²) < 4.78 is 6.43. The van der Waals surface area contributed by atoms with Crippen molar-refractivity contribution in [3.05, 3.63) is 76.2 Å². The number of carbonyl (C=O) groups is 2. The molecule has 7 nitrogen and oxygen atoms in total. The largest absolute Gasteiger partial charge is 0.451 e. The number of hydrogen-bond acceptors (Lipinski definition) is 5. The predicted octanol–water partition coefficient (Wildman–Crippen LogP) is 2.53. The van der Waals surface area contributed by atoms with Crippen molar-refractivity contribution in [2.24, 2.45) is 5.92 Å². The maximum Gasteiger partial charge on any atom is 0.359 e. The van der Waals surface area contributed by atoms with Gasteiger partial charge in [0.2, 0.25) is 0 Å². The van der Waals surface area contributed by atoms with Crippen LogP contribution in [0.15, 0.2) is 59.4 Å². The lowest BCUT2D eigenvalue weighted by Gasteiger charge is -2.12. The normalized spacial score (nSPS) is 10.9. The van der Waals surface area contributed by atoms with Crippen molar-refractivity contribution in [2.75, 3.05) is 6.61 Å². The number of hydrogen-bond donors (Lipinski definition) is 1.